The van der Waals surface area contributed by atoms with E-state index in [-0.39, 0.29) is 0 Å². The second-order valence-electron chi connectivity index (χ2n) is 14.1. The summed E-state index contributed by atoms with van der Waals surface area (Å²) in [5.41, 5.74) is 11.8. The van der Waals surface area contributed by atoms with Crippen LogP contribution in [0.4, 0.5) is 17.1 Å². The van der Waals surface area contributed by atoms with Crippen molar-refractivity contribution in [1.82, 2.24) is 4.57 Å². The first kappa shape index (κ1) is 31.6. The van der Waals surface area contributed by atoms with E-state index in [0.717, 1.165) is 17.1 Å². The maximum Gasteiger partial charge on any atom is 0.0640 e. The number of hydrogen-bond donors (Lipinski definition) is 0. The molecule has 9 aromatic carbocycles. The smallest absolute Gasteiger partial charge is 0.0640 e. The van der Waals surface area contributed by atoms with E-state index < -0.39 is 0 Å². The fourth-order valence-corrected chi connectivity index (χ4v) is 9.58. The van der Waals surface area contributed by atoms with Crippen LogP contribution >= 0.6 is 11.3 Å². The van der Waals surface area contributed by atoms with Crippen LogP contribution in [0, 0.1) is 0 Å². The van der Waals surface area contributed by atoms with Crippen molar-refractivity contribution in [3.05, 3.63) is 206 Å². The minimum absolute atomic E-state index is 1.12. The molecule has 2 nitrogen and oxygen atoms in total. The SMILES string of the molecule is c1ccc(-c2ccc(N(c3ccc(-c4ccc5c6ccc7ccccc7c6n(-c6ccccc6)c5c4)cc3)c3cccc4c3sc3ccccc34)cc2)cc1. The third kappa shape index (κ3) is 5.24. The second kappa shape index (κ2) is 12.9. The van der Waals surface area contributed by atoms with Crippen LogP contribution in [-0.2, 0) is 0 Å². The lowest BCUT2D eigenvalue weighted by atomic mass is 10.0. The molecule has 0 atom stereocenters. The Morgan fingerprint density at radius 2 is 0.964 bits per heavy atom. The first-order chi connectivity index (χ1) is 27.3. The third-order valence-corrected chi connectivity index (χ3v) is 12.2. The Kier molecular flexibility index (Phi) is 7.39. The highest BCUT2D eigenvalue weighted by atomic mass is 32.1. The van der Waals surface area contributed by atoms with Crippen molar-refractivity contribution in [2.24, 2.45) is 0 Å². The summed E-state index contributed by atoms with van der Waals surface area (Å²) in [5, 5.41) is 7.62. The normalized spacial score (nSPS) is 11.6. The van der Waals surface area contributed by atoms with Crippen LogP contribution in [0.25, 0.3) is 80.7 Å². The predicted molar refractivity (Wildman–Crippen MR) is 237 cm³/mol. The zero-order valence-electron chi connectivity index (χ0n) is 29.9. The molecule has 2 heterocycles. The van der Waals surface area contributed by atoms with Gasteiger partial charge in [-0.2, -0.15) is 0 Å². The van der Waals surface area contributed by atoms with Gasteiger partial charge in [-0.1, -0.05) is 152 Å². The molecule has 0 fully saturated rings. The Bertz CT molecular complexity index is 3180. The van der Waals surface area contributed by atoms with Crippen LogP contribution in [0.5, 0.6) is 0 Å². The van der Waals surface area contributed by atoms with Gasteiger partial charge in [-0.3, -0.25) is 0 Å². The van der Waals surface area contributed by atoms with Crippen molar-refractivity contribution in [2.45, 2.75) is 0 Å². The summed E-state index contributed by atoms with van der Waals surface area (Å²) in [7, 11) is 0. The molecular formula is C52H34N2S. The predicted octanol–water partition coefficient (Wildman–Crippen LogP) is 15.1. The number of benzene rings is 9. The molecule has 0 amide bonds. The summed E-state index contributed by atoms with van der Waals surface area (Å²) in [5.74, 6) is 0. The number of rotatable bonds is 6. The zero-order chi connectivity index (χ0) is 36.3. The molecule has 0 aliphatic carbocycles. The fraction of sp³-hybridized carbons (Fsp3) is 0. The Hall–Kier alpha value is -6.94. The van der Waals surface area contributed by atoms with Gasteiger partial charge in [0.2, 0.25) is 0 Å². The van der Waals surface area contributed by atoms with Crippen LogP contribution in [-0.4, -0.2) is 4.57 Å². The number of para-hydroxylation sites is 1. The summed E-state index contributed by atoms with van der Waals surface area (Å²) < 4.78 is 5.03. The number of nitrogens with zero attached hydrogens (tertiary/aromatic N) is 2. The van der Waals surface area contributed by atoms with Gasteiger partial charge < -0.3 is 9.47 Å². The first-order valence-electron chi connectivity index (χ1n) is 18.8. The number of hydrogen-bond acceptors (Lipinski definition) is 2. The minimum Gasteiger partial charge on any atom is -0.309 e. The molecule has 0 aliphatic heterocycles. The molecule has 0 saturated heterocycles. The lowest BCUT2D eigenvalue weighted by Crippen LogP contribution is -2.10. The zero-order valence-corrected chi connectivity index (χ0v) is 30.7. The monoisotopic (exact) mass is 718 g/mol. The van der Waals surface area contributed by atoms with Gasteiger partial charge in [0.1, 0.15) is 0 Å². The molecule has 258 valence electrons. The Labute approximate surface area is 323 Å². The topological polar surface area (TPSA) is 8.17 Å². The Morgan fingerprint density at radius 1 is 0.382 bits per heavy atom. The maximum absolute atomic E-state index is 2.44. The average Bonchev–Trinajstić information content (AvgIpc) is 3.81. The number of anilines is 3. The fourth-order valence-electron chi connectivity index (χ4n) is 8.38. The van der Waals surface area contributed by atoms with Gasteiger partial charge in [0, 0.05) is 48.7 Å². The highest BCUT2D eigenvalue weighted by Gasteiger charge is 2.19. The van der Waals surface area contributed by atoms with Gasteiger partial charge in [0.15, 0.2) is 0 Å². The van der Waals surface area contributed by atoms with Crippen molar-refractivity contribution in [1.29, 1.82) is 0 Å². The van der Waals surface area contributed by atoms with E-state index in [9.17, 15) is 0 Å². The van der Waals surface area contributed by atoms with Crippen molar-refractivity contribution in [2.75, 3.05) is 4.90 Å². The molecule has 11 aromatic rings. The van der Waals surface area contributed by atoms with E-state index in [4.69, 9.17) is 0 Å². The highest BCUT2D eigenvalue weighted by Crippen LogP contribution is 2.45. The van der Waals surface area contributed by atoms with Gasteiger partial charge in [0.05, 0.1) is 21.4 Å². The second-order valence-corrected chi connectivity index (χ2v) is 15.2. The van der Waals surface area contributed by atoms with E-state index in [1.807, 2.05) is 11.3 Å². The van der Waals surface area contributed by atoms with Gasteiger partial charge in [-0.05, 0) is 82.2 Å². The summed E-state index contributed by atoms with van der Waals surface area (Å²) in [6.07, 6.45) is 0. The Balaban J connectivity index is 1.06. The average molecular weight is 719 g/mol. The highest BCUT2D eigenvalue weighted by molar-refractivity contribution is 7.26. The van der Waals surface area contributed by atoms with Gasteiger partial charge >= 0.3 is 0 Å². The van der Waals surface area contributed by atoms with E-state index in [0.29, 0.717) is 0 Å². The molecule has 0 spiro atoms. The largest absolute Gasteiger partial charge is 0.309 e. The summed E-state index contributed by atoms with van der Waals surface area (Å²) >= 11 is 1.86. The molecule has 0 unspecified atom stereocenters. The molecule has 2 aromatic heterocycles. The summed E-state index contributed by atoms with van der Waals surface area (Å²) in [6.45, 7) is 0. The minimum atomic E-state index is 1.12. The molecular weight excluding hydrogens is 685 g/mol. The van der Waals surface area contributed by atoms with Crippen LogP contribution in [0.3, 0.4) is 0 Å². The van der Waals surface area contributed by atoms with Gasteiger partial charge in [-0.25, -0.2) is 0 Å². The number of fused-ring (bicyclic) bond motifs is 8. The van der Waals surface area contributed by atoms with E-state index in [1.54, 1.807) is 0 Å². The Morgan fingerprint density at radius 3 is 1.73 bits per heavy atom. The summed E-state index contributed by atoms with van der Waals surface area (Å²) in [6, 6.07) is 75.1. The van der Waals surface area contributed by atoms with Crippen LogP contribution in [0.1, 0.15) is 0 Å². The molecule has 55 heavy (non-hydrogen) atoms. The van der Waals surface area contributed by atoms with Crippen LogP contribution in [0.2, 0.25) is 0 Å². The quantitative estimate of drug-likeness (QED) is 0.166. The van der Waals surface area contributed by atoms with Crippen molar-refractivity contribution in [3.63, 3.8) is 0 Å². The number of thiophene rings is 1. The molecule has 0 aliphatic rings. The molecule has 3 heteroatoms. The van der Waals surface area contributed by atoms with Crippen LogP contribution in [0.15, 0.2) is 206 Å². The lowest BCUT2D eigenvalue weighted by molar-refractivity contribution is 1.19. The molecule has 0 radical (unpaired) electrons. The number of aromatic nitrogens is 1. The first-order valence-corrected chi connectivity index (χ1v) is 19.6. The maximum atomic E-state index is 2.44. The standard InChI is InChI=1S/C52H34N2S/c1-3-12-35(13-4-1)36-22-28-41(29-23-36)53(48-20-11-19-47-45-18-9-10-21-50(45)55-52(47)48)42-30-24-37(25-31-42)39-27-32-44-46-33-26-38-14-7-8-17-43(38)51(46)54(49(44)34-39)40-15-5-2-6-16-40/h1-34H. The third-order valence-electron chi connectivity index (χ3n) is 11.0. The molecule has 0 N–H and O–H groups in total. The van der Waals surface area contributed by atoms with Crippen molar-refractivity contribution < 1.29 is 0 Å². The van der Waals surface area contributed by atoms with Gasteiger partial charge in [-0.15, -0.1) is 11.3 Å². The molecule has 0 bridgehead atoms. The summed E-state index contributed by atoms with van der Waals surface area (Å²) in [4.78, 5) is 2.41. The van der Waals surface area contributed by atoms with E-state index in [2.05, 4.69) is 216 Å². The van der Waals surface area contributed by atoms with Gasteiger partial charge in [0.25, 0.3) is 0 Å². The van der Waals surface area contributed by atoms with E-state index in [1.165, 1.54) is 80.7 Å². The van der Waals surface area contributed by atoms with Crippen LogP contribution < -0.4 is 4.90 Å². The lowest BCUT2D eigenvalue weighted by Gasteiger charge is -2.26. The molecule has 0 saturated carbocycles. The van der Waals surface area contributed by atoms with E-state index >= 15 is 0 Å². The van der Waals surface area contributed by atoms with Crippen molar-refractivity contribution in [3.8, 4) is 27.9 Å². The van der Waals surface area contributed by atoms with Crippen molar-refractivity contribution >= 4 is 81.1 Å². The molecule has 11 rings (SSSR count).